The normalized spacial score (nSPS) is 10.5. The molecule has 2 heterocycles. The Bertz CT molecular complexity index is 677. The van der Waals surface area contributed by atoms with Crippen LogP contribution in [0.4, 0.5) is 17.1 Å². The molecule has 0 saturated heterocycles. The summed E-state index contributed by atoms with van der Waals surface area (Å²) in [5.41, 5.74) is 5.89. The van der Waals surface area contributed by atoms with Crippen LogP contribution in [0.5, 0.6) is 0 Å². The van der Waals surface area contributed by atoms with E-state index in [1.165, 1.54) is 4.70 Å². The van der Waals surface area contributed by atoms with Gasteiger partial charge < -0.3 is 10.6 Å². The summed E-state index contributed by atoms with van der Waals surface area (Å²) in [4.78, 5) is 8.43. The van der Waals surface area contributed by atoms with Crippen LogP contribution in [0.1, 0.15) is 0 Å². The van der Waals surface area contributed by atoms with Crippen molar-refractivity contribution >= 4 is 38.6 Å². The van der Waals surface area contributed by atoms with E-state index in [4.69, 9.17) is 0 Å². The fourth-order valence-corrected chi connectivity index (χ4v) is 2.46. The number of fused-ring (bicyclic) bond motifs is 1. The van der Waals surface area contributed by atoms with Crippen molar-refractivity contribution in [2.45, 2.75) is 0 Å². The van der Waals surface area contributed by atoms with Crippen molar-refractivity contribution in [2.24, 2.45) is 0 Å². The van der Waals surface area contributed by atoms with Crippen LogP contribution in [0.15, 0.2) is 42.2 Å². The summed E-state index contributed by atoms with van der Waals surface area (Å²) in [5.74, 6) is 0. The van der Waals surface area contributed by atoms with Gasteiger partial charge in [-0.15, -0.1) is 11.3 Å². The van der Waals surface area contributed by atoms with Gasteiger partial charge in [-0.25, -0.2) is 4.98 Å². The zero-order valence-corrected chi connectivity index (χ0v) is 10.7. The highest BCUT2D eigenvalue weighted by Crippen LogP contribution is 2.24. The van der Waals surface area contributed by atoms with Gasteiger partial charge in [0.05, 0.1) is 39.5 Å². The second kappa shape index (κ2) is 4.62. The van der Waals surface area contributed by atoms with Gasteiger partial charge in [-0.3, -0.25) is 4.98 Å². The van der Waals surface area contributed by atoms with Gasteiger partial charge in [-0.2, -0.15) is 0 Å². The fraction of sp³-hybridized carbons (Fsp3) is 0.0769. The van der Waals surface area contributed by atoms with Crippen LogP contribution in [0.3, 0.4) is 0 Å². The number of hydrogen-bond acceptors (Lipinski definition) is 5. The molecule has 18 heavy (non-hydrogen) atoms. The first kappa shape index (κ1) is 11.0. The number of thiazole rings is 1. The molecule has 0 aliphatic rings. The Balaban J connectivity index is 1.90. The third-order valence-corrected chi connectivity index (χ3v) is 3.44. The molecule has 2 N–H and O–H groups in total. The lowest BCUT2D eigenvalue weighted by molar-refractivity contribution is 1.30. The first-order valence-corrected chi connectivity index (χ1v) is 6.46. The maximum absolute atomic E-state index is 4.26. The van der Waals surface area contributed by atoms with Gasteiger partial charge in [-0.1, -0.05) is 0 Å². The Morgan fingerprint density at radius 2 is 1.94 bits per heavy atom. The Hall–Kier alpha value is -2.14. The number of benzene rings is 1. The third kappa shape index (κ3) is 2.12. The van der Waals surface area contributed by atoms with Crippen LogP contribution >= 0.6 is 11.3 Å². The van der Waals surface area contributed by atoms with E-state index in [1.54, 1.807) is 23.7 Å². The van der Waals surface area contributed by atoms with Crippen molar-refractivity contribution in [1.82, 2.24) is 9.97 Å². The van der Waals surface area contributed by atoms with E-state index in [1.807, 2.05) is 30.8 Å². The highest BCUT2D eigenvalue weighted by atomic mass is 32.1. The van der Waals surface area contributed by atoms with Crippen molar-refractivity contribution in [1.29, 1.82) is 0 Å². The smallest absolute Gasteiger partial charge is 0.0813 e. The first-order chi connectivity index (χ1) is 8.85. The number of nitrogens with one attached hydrogen (secondary N) is 2. The Morgan fingerprint density at radius 3 is 2.83 bits per heavy atom. The summed E-state index contributed by atoms with van der Waals surface area (Å²) in [6, 6.07) is 8.15. The maximum atomic E-state index is 4.26. The summed E-state index contributed by atoms with van der Waals surface area (Å²) in [6.45, 7) is 0. The second-order valence-electron chi connectivity index (χ2n) is 3.87. The molecule has 0 saturated carbocycles. The molecule has 0 amide bonds. The number of hydrogen-bond donors (Lipinski definition) is 2. The first-order valence-electron chi connectivity index (χ1n) is 5.58. The van der Waals surface area contributed by atoms with Gasteiger partial charge >= 0.3 is 0 Å². The minimum absolute atomic E-state index is 0.964. The molecular formula is C13H12N4S. The minimum Gasteiger partial charge on any atom is -0.387 e. The molecule has 4 nitrogen and oxygen atoms in total. The molecule has 0 aliphatic carbocycles. The molecule has 0 unspecified atom stereocenters. The minimum atomic E-state index is 0.964. The maximum Gasteiger partial charge on any atom is 0.0813 e. The quantitative estimate of drug-likeness (QED) is 0.753. The molecule has 3 rings (SSSR count). The van der Waals surface area contributed by atoms with Gasteiger partial charge in [0.2, 0.25) is 0 Å². The van der Waals surface area contributed by atoms with Gasteiger partial charge in [0.15, 0.2) is 0 Å². The predicted molar refractivity (Wildman–Crippen MR) is 76.7 cm³/mol. The highest BCUT2D eigenvalue weighted by molar-refractivity contribution is 7.16. The zero-order valence-electron chi connectivity index (χ0n) is 9.84. The summed E-state index contributed by atoms with van der Waals surface area (Å²) >= 11 is 1.64. The van der Waals surface area contributed by atoms with E-state index in [2.05, 4.69) is 26.7 Å². The van der Waals surface area contributed by atoms with Crippen LogP contribution < -0.4 is 10.6 Å². The van der Waals surface area contributed by atoms with Crippen molar-refractivity contribution < 1.29 is 0 Å². The second-order valence-corrected chi connectivity index (χ2v) is 4.76. The molecule has 5 heteroatoms. The van der Waals surface area contributed by atoms with Gasteiger partial charge in [0.25, 0.3) is 0 Å². The lowest BCUT2D eigenvalue weighted by atomic mass is 10.3. The lowest BCUT2D eigenvalue weighted by Crippen LogP contribution is -1.94. The number of pyridine rings is 1. The Labute approximate surface area is 109 Å². The average molecular weight is 256 g/mol. The van der Waals surface area contributed by atoms with Gasteiger partial charge in [0, 0.05) is 12.7 Å². The molecule has 0 atom stereocenters. The van der Waals surface area contributed by atoms with Crippen LogP contribution in [0.25, 0.3) is 10.2 Å². The number of anilines is 3. The monoisotopic (exact) mass is 256 g/mol. The lowest BCUT2D eigenvalue weighted by Gasteiger charge is -2.07. The molecule has 0 spiro atoms. The molecule has 3 aromatic rings. The number of nitrogens with zero attached hydrogens (tertiary/aromatic N) is 2. The summed E-state index contributed by atoms with van der Waals surface area (Å²) in [5, 5.41) is 6.41. The van der Waals surface area contributed by atoms with Crippen LogP contribution in [-0.2, 0) is 0 Å². The van der Waals surface area contributed by atoms with Crippen molar-refractivity contribution in [3.8, 4) is 0 Å². The summed E-state index contributed by atoms with van der Waals surface area (Å²) in [7, 11) is 1.88. The van der Waals surface area contributed by atoms with Gasteiger partial charge in [-0.05, 0) is 24.3 Å². The molecule has 0 bridgehead atoms. The summed E-state index contributed by atoms with van der Waals surface area (Å²) in [6.07, 6.45) is 3.59. The van der Waals surface area contributed by atoms with Gasteiger partial charge in [0.1, 0.15) is 0 Å². The van der Waals surface area contributed by atoms with Crippen molar-refractivity contribution in [2.75, 3.05) is 17.7 Å². The number of rotatable bonds is 3. The predicted octanol–water partition coefficient (Wildman–Crippen LogP) is 3.48. The third-order valence-electron chi connectivity index (χ3n) is 2.65. The topological polar surface area (TPSA) is 49.8 Å². The highest BCUT2D eigenvalue weighted by Gasteiger charge is 2.00. The van der Waals surface area contributed by atoms with E-state index in [0.717, 1.165) is 22.6 Å². The zero-order chi connectivity index (χ0) is 12.4. The van der Waals surface area contributed by atoms with Crippen LogP contribution in [0, 0.1) is 0 Å². The molecule has 0 radical (unpaired) electrons. The fourth-order valence-electron chi connectivity index (χ4n) is 1.74. The van der Waals surface area contributed by atoms with Crippen LogP contribution in [0.2, 0.25) is 0 Å². The molecule has 0 aliphatic heterocycles. The molecule has 0 fully saturated rings. The average Bonchev–Trinajstić information content (AvgIpc) is 2.86. The number of aromatic nitrogens is 2. The van der Waals surface area contributed by atoms with Crippen molar-refractivity contribution in [3.63, 3.8) is 0 Å². The Morgan fingerprint density at radius 1 is 1.06 bits per heavy atom. The van der Waals surface area contributed by atoms with Crippen molar-refractivity contribution in [3.05, 3.63) is 42.2 Å². The Kier molecular flexibility index (Phi) is 2.82. The summed E-state index contributed by atoms with van der Waals surface area (Å²) < 4.78 is 1.18. The molecule has 90 valence electrons. The van der Waals surface area contributed by atoms with E-state index in [-0.39, 0.29) is 0 Å². The van der Waals surface area contributed by atoms with E-state index in [9.17, 15) is 0 Å². The standard InChI is InChI=1S/C13H12N4S/c1-14-10-4-11(7-15-6-10)17-9-2-3-12-13(5-9)18-8-16-12/h2-8,14,17H,1H3. The SMILES string of the molecule is CNc1cncc(Nc2ccc3ncsc3c2)c1. The van der Waals surface area contributed by atoms with E-state index in [0.29, 0.717) is 0 Å². The van der Waals surface area contributed by atoms with E-state index >= 15 is 0 Å². The molecule has 1 aromatic carbocycles. The molecular weight excluding hydrogens is 244 g/mol. The largest absolute Gasteiger partial charge is 0.387 e. The van der Waals surface area contributed by atoms with E-state index < -0.39 is 0 Å². The molecule has 2 aromatic heterocycles. The van der Waals surface area contributed by atoms with Crippen LogP contribution in [-0.4, -0.2) is 17.0 Å².